The van der Waals surface area contributed by atoms with Crippen molar-refractivity contribution in [1.29, 1.82) is 0 Å². The molecule has 32 heavy (non-hydrogen) atoms. The highest BCUT2D eigenvalue weighted by atomic mass is 28.3. The average Bonchev–Trinajstić information content (AvgIpc) is 2.62. The van der Waals surface area contributed by atoms with Crippen LogP contribution in [0.25, 0.3) is 0 Å². The highest BCUT2D eigenvalue weighted by molar-refractivity contribution is 6.76. The Bertz CT molecular complexity index is 699. The molecule has 0 aromatic carbocycles. The van der Waals surface area contributed by atoms with E-state index in [1.165, 1.54) is 27.7 Å². The van der Waals surface area contributed by atoms with E-state index in [9.17, 15) is 19.2 Å². The Hall–Kier alpha value is -2.24. The summed E-state index contributed by atoms with van der Waals surface area (Å²) in [5.41, 5.74) is 0. The third kappa shape index (κ3) is 10.4. The number of allylic oxidation sites excluding steroid dienone is 1. The lowest BCUT2D eigenvalue weighted by Gasteiger charge is -2.43. The second-order valence-electron chi connectivity index (χ2n) is 8.64. The predicted molar refractivity (Wildman–Crippen MR) is 115 cm³/mol. The molecule has 1 aliphatic heterocycles. The van der Waals surface area contributed by atoms with Crippen LogP contribution in [0.4, 0.5) is 0 Å². The molecule has 0 spiro atoms. The van der Waals surface area contributed by atoms with Crippen LogP contribution < -0.4 is 0 Å². The van der Waals surface area contributed by atoms with Gasteiger partial charge in [-0.2, -0.15) is 0 Å². The number of carbonyl (C=O) groups is 4. The Morgan fingerprint density at radius 2 is 1.31 bits per heavy atom. The maximum Gasteiger partial charge on any atom is 0.303 e. The molecule has 1 aliphatic rings. The van der Waals surface area contributed by atoms with Gasteiger partial charge in [-0.15, -0.1) is 0 Å². The molecule has 0 radical (unpaired) electrons. The minimum absolute atomic E-state index is 0.137. The number of carbonyl (C=O) groups excluding carboxylic acids is 4. The maximum absolute atomic E-state index is 11.8. The van der Waals surface area contributed by atoms with Gasteiger partial charge in [-0.3, -0.25) is 19.2 Å². The summed E-state index contributed by atoms with van der Waals surface area (Å²) in [6, 6.07) is 0.953. The molecule has 0 saturated carbocycles. The normalized spacial score (nSPS) is 25.8. The number of hydrogen-bond acceptors (Lipinski definition) is 10. The van der Waals surface area contributed by atoms with Crippen molar-refractivity contribution in [3.63, 3.8) is 0 Å². The summed E-state index contributed by atoms with van der Waals surface area (Å²) in [6.45, 7) is 11.3. The minimum atomic E-state index is -1.27. The minimum Gasteiger partial charge on any atom is -0.463 e. The standard InChI is InChI=1S/C21H34O10Si/c1-13(22)27-12-17-18(28-14(2)23)19(29-15(3)24)20(30-16(4)25)21(31-17)26-10-8-9-11-32(5,6)7/h8-9,17-21H,10-12H2,1-7H3/b9-8+/t17-,18+,19+,20-,21+/m1/s1. The Labute approximate surface area is 189 Å². The van der Waals surface area contributed by atoms with E-state index in [0.717, 1.165) is 6.04 Å². The molecule has 11 heteroatoms. The molecule has 182 valence electrons. The van der Waals surface area contributed by atoms with Gasteiger partial charge in [0, 0.05) is 35.8 Å². The van der Waals surface area contributed by atoms with E-state index in [1.807, 2.05) is 12.2 Å². The molecule has 0 unspecified atom stereocenters. The summed E-state index contributed by atoms with van der Waals surface area (Å²) in [7, 11) is -1.27. The highest BCUT2D eigenvalue weighted by Crippen LogP contribution is 2.30. The molecule has 0 aliphatic carbocycles. The van der Waals surface area contributed by atoms with Crippen molar-refractivity contribution in [3.05, 3.63) is 12.2 Å². The third-order valence-electron chi connectivity index (χ3n) is 4.20. The van der Waals surface area contributed by atoms with Crippen LogP contribution >= 0.6 is 0 Å². The molecule has 1 saturated heterocycles. The first kappa shape index (κ1) is 27.8. The van der Waals surface area contributed by atoms with Gasteiger partial charge in [0.15, 0.2) is 24.6 Å². The van der Waals surface area contributed by atoms with Crippen LogP contribution in [-0.4, -0.2) is 75.9 Å². The van der Waals surface area contributed by atoms with Crippen molar-refractivity contribution < 1.29 is 47.6 Å². The van der Waals surface area contributed by atoms with Crippen LogP contribution in [-0.2, 0) is 47.6 Å². The van der Waals surface area contributed by atoms with E-state index in [4.69, 9.17) is 28.4 Å². The van der Waals surface area contributed by atoms with Gasteiger partial charge in [-0.25, -0.2) is 0 Å². The van der Waals surface area contributed by atoms with Crippen LogP contribution in [0.2, 0.25) is 25.7 Å². The van der Waals surface area contributed by atoms with E-state index in [-0.39, 0.29) is 13.2 Å². The fourth-order valence-corrected chi connectivity index (χ4v) is 3.85. The first-order valence-corrected chi connectivity index (χ1v) is 14.1. The van der Waals surface area contributed by atoms with Crippen LogP contribution in [0, 0.1) is 0 Å². The zero-order chi connectivity index (χ0) is 24.5. The van der Waals surface area contributed by atoms with Crippen LogP contribution in [0.3, 0.4) is 0 Å². The largest absolute Gasteiger partial charge is 0.463 e. The zero-order valence-corrected chi connectivity index (χ0v) is 20.7. The van der Waals surface area contributed by atoms with E-state index >= 15 is 0 Å². The summed E-state index contributed by atoms with van der Waals surface area (Å²) < 4.78 is 32.6. The Balaban J connectivity index is 3.16. The molecule has 1 rings (SSSR count). The molecule has 1 heterocycles. The quantitative estimate of drug-likeness (QED) is 0.201. The fourth-order valence-electron chi connectivity index (χ4n) is 2.98. The molecule has 10 nitrogen and oxygen atoms in total. The fraction of sp³-hybridized carbons (Fsp3) is 0.714. The zero-order valence-electron chi connectivity index (χ0n) is 19.7. The smallest absolute Gasteiger partial charge is 0.303 e. The van der Waals surface area contributed by atoms with Gasteiger partial charge in [0.25, 0.3) is 0 Å². The van der Waals surface area contributed by atoms with Gasteiger partial charge in [-0.1, -0.05) is 31.8 Å². The lowest BCUT2D eigenvalue weighted by atomic mass is 9.98. The summed E-state index contributed by atoms with van der Waals surface area (Å²) >= 11 is 0. The summed E-state index contributed by atoms with van der Waals surface area (Å²) in [5.74, 6) is -2.61. The number of hydrogen-bond donors (Lipinski definition) is 0. The number of esters is 4. The molecule has 1 fully saturated rings. The molecule has 0 aromatic rings. The highest BCUT2D eigenvalue weighted by Gasteiger charge is 2.52. The molecule has 0 N–H and O–H groups in total. The lowest BCUT2D eigenvalue weighted by Crippen LogP contribution is -2.62. The van der Waals surface area contributed by atoms with Crippen molar-refractivity contribution in [2.45, 2.75) is 84.1 Å². The van der Waals surface area contributed by atoms with Gasteiger partial charge < -0.3 is 28.4 Å². The first-order chi connectivity index (χ1) is 14.8. The second-order valence-corrected chi connectivity index (χ2v) is 14.2. The van der Waals surface area contributed by atoms with Crippen molar-refractivity contribution in [3.8, 4) is 0 Å². The Morgan fingerprint density at radius 3 is 1.81 bits per heavy atom. The van der Waals surface area contributed by atoms with Crippen LogP contribution in [0.1, 0.15) is 27.7 Å². The molecule has 0 amide bonds. The molecule has 5 atom stereocenters. The average molecular weight is 475 g/mol. The van der Waals surface area contributed by atoms with Gasteiger partial charge in [-0.05, 0) is 6.04 Å². The van der Waals surface area contributed by atoms with E-state index in [0.29, 0.717) is 0 Å². The number of ether oxygens (including phenoxy) is 6. The van der Waals surface area contributed by atoms with E-state index in [2.05, 4.69) is 19.6 Å². The molecule has 0 aromatic heterocycles. The van der Waals surface area contributed by atoms with Crippen LogP contribution in [0.15, 0.2) is 12.2 Å². The van der Waals surface area contributed by atoms with Gasteiger partial charge in [0.2, 0.25) is 0 Å². The summed E-state index contributed by atoms with van der Waals surface area (Å²) in [5, 5.41) is 0. The van der Waals surface area contributed by atoms with Crippen molar-refractivity contribution in [2.24, 2.45) is 0 Å². The SMILES string of the molecule is CC(=O)OC[C@H]1O[C@H](OC/C=C/C[Si](C)(C)C)[C@H](OC(C)=O)[C@@H](OC(C)=O)[C@H]1OC(C)=O. The monoisotopic (exact) mass is 474 g/mol. The van der Waals surface area contributed by atoms with Crippen molar-refractivity contribution in [1.82, 2.24) is 0 Å². The topological polar surface area (TPSA) is 124 Å². The number of rotatable bonds is 10. The van der Waals surface area contributed by atoms with Gasteiger partial charge in [0.05, 0.1) is 6.61 Å². The van der Waals surface area contributed by atoms with Crippen LogP contribution in [0.5, 0.6) is 0 Å². The van der Waals surface area contributed by atoms with Crippen molar-refractivity contribution >= 4 is 32.0 Å². The summed E-state index contributed by atoms with van der Waals surface area (Å²) in [4.78, 5) is 46.5. The van der Waals surface area contributed by atoms with E-state index in [1.54, 1.807) is 0 Å². The molecular formula is C21H34O10Si. The Kier molecular flexibility index (Phi) is 11.0. The van der Waals surface area contributed by atoms with E-state index < -0.39 is 62.7 Å². The predicted octanol–water partition coefficient (Wildman–Crippen LogP) is 1.98. The maximum atomic E-state index is 11.8. The van der Waals surface area contributed by atoms with Gasteiger partial charge >= 0.3 is 23.9 Å². The van der Waals surface area contributed by atoms with Gasteiger partial charge in [0.1, 0.15) is 12.7 Å². The lowest BCUT2D eigenvalue weighted by molar-refractivity contribution is -0.305. The molecule has 0 bridgehead atoms. The first-order valence-electron chi connectivity index (χ1n) is 10.4. The second kappa shape index (κ2) is 12.7. The van der Waals surface area contributed by atoms with Crippen molar-refractivity contribution in [2.75, 3.05) is 13.2 Å². The molecular weight excluding hydrogens is 440 g/mol. The summed E-state index contributed by atoms with van der Waals surface area (Å²) in [6.07, 6.45) is -1.97. The Morgan fingerprint density at radius 1 is 0.781 bits per heavy atom. The third-order valence-corrected chi connectivity index (χ3v) is 5.66.